The Morgan fingerprint density at radius 2 is 1.97 bits per heavy atom. The fourth-order valence-corrected chi connectivity index (χ4v) is 4.56. The lowest BCUT2D eigenvalue weighted by Crippen LogP contribution is -2.29. The summed E-state index contributed by atoms with van der Waals surface area (Å²) in [4.78, 5) is 24.6. The molecule has 34 heavy (non-hydrogen) atoms. The van der Waals surface area contributed by atoms with E-state index in [0.717, 1.165) is 12.1 Å². The minimum absolute atomic E-state index is 0.0406. The Balaban J connectivity index is 2.04. The zero-order valence-electron chi connectivity index (χ0n) is 19.0. The first-order valence-corrected chi connectivity index (χ1v) is 11.6. The fraction of sp³-hybridized carbons (Fsp3) is 0.455. The van der Waals surface area contributed by atoms with E-state index in [4.69, 9.17) is 28.9 Å². The van der Waals surface area contributed by atoms with Crippen LogP contribution in [0.25, 0.3) is 0 Å². The predicted molar refractivity (Wildman–Crippen MR) is 134 cm³/mol. The molecule has 5 N–H and O–H groups in total. The van der Waals surface area contributed by atoms with Gasteiger partial charge in [-0.05, 0) is 58.4 Å². The van der Waals surface area contributed by atoms with E-state index in [2.05, 4.69) is 32.3 Å². The Morgan fingerprint density at radius 1 is 1.35 bits per heavy atom. The molecule has 2 aromatic rings. The van der Waals surface area contributed by atoms with Crippen molar-refractivity contribution in [2.75, 3.05) is 17.2 Å². The van der Waals surface area contributed by atoms with Gasteiger partial charge in [-0.15, -0.1) is 0 Å². The molecule has 1 atom stereocenters. The second-order valence-electron chi connectivity index (χ2n) is 8.28. The lowest BCUT2D eigenvalue weighted by molar-refractivity contribution is -0.122. The average molecular weight is 512 g/mol. The van der Waals surface area contributed by atoms with E-state index in [-0.39, 0.29) is 46.5 Å². The van der Waals surface area contributed by atoms with Gasteiger partial charge in [0.05, 0.1) is 34.1 Å². The maximum Gasteiger partial charge on any atom is 0.223 e. The Labute approximate surface area is 207 Å². The highest BCUT2D eigenvalue weighted by molar-refractivity contribution is 6.39. The number of aliphatic imine (C=N–C) groups is 2. The van der Waals surface area contributed by atoms with Gasteiger partial charge in [0.25, 0.3) is 0 Å². The number of aryl methyl sites for hydroxylation is 1. The van der Waals surface area contributed by atoms with Gasteiger partial charge in [-0.1, -0.05) is 23.2 Å². The molecule has 1 aliphatic rings. The number of anilines is 3. The second-order valence-corrected chi connectivity index (χ2v) is 9.10. The van der Waals surface area contributed by atoms with Crippen LogP contribution in [-0.4, -0.2) is 45.9 Å². The number of benzene rings is 1. The van der Waals surface area contributed by atoms with Crippen molar-refractivity contribution in [1.29, 1.82) is 0 Å². The summed E-state index contributed by atoms with van der Waals surface area (Å²) in [5, 5.41) is 15.9. The maximum absolute atomic E-state index is 13.7. The number of nitrogens with zero attached hydrogens (tertiary/aromatic N) is 4. The second kappa shape index (κ2) is 11.2. The van der Waals surface area contributed by atoms with Crippen LogP contribution in [0.2, 0.25) is 10.0 Å². The number of amides is 1. The molecule has 1 amide bonds. The lowest BCUT2D eigenvalue weighted by Gasteiger charge is -2.30. The van der Waals surface area contributed by atoms with Crippen LogP contribution in [0.3, 0.4) is 0 Å². The topological polar surface area (TPSA) is 130 Å². The summed E-state index contributed by atoms with van der Waals surface area (Å²) in [6.45, 7) is 6.96. The van der Waals surface area contributed by atoms with Crippen molar-refractivity contribution in [2.45, 2.75) is 51.6 Å². The minimum atomic E-state index is -0.553. The number of rotatable bonds is 7. The molecule has 12 heteroatoms. The molecular formula is C22H28Cl2FN7O2. The third kappa shape index (κ3) is 5.86. The number of nitrogens with two attached hydrogens (primary N) is 1. The molecule has 0 saturated heterocycles. The smallest absolute Gasteiger partial charge is 0.223 e. The Kier molecular flexibility index (Phi) is 8.51. The summed E-state index contributed by atoms with van der Waals surface area (Å²) in [5.41, 5.74) is 6.45. The summed E-state index contributed by atoms with van der Waals surface area (Å²) in [6.07, 6.45) is 2.63. The zero-order valence-corrected chi connectivity index (χ0v) is 20.5. The van der Waals surface area contributed by atoms with Crippen molar-refractivity contribution in [3.8, 4) is 0 Å². The number of hydrogen-bond donors (Lipinski definition) is 4. The van der Waals surface area contributed by atoms with Crippen LogP contribution in [0, 0.1) is 18.7 Å². The largest absolute Gasteiger partial charge is 0.394 e. The van der Waals surface area contributed by atoms with E-state index < -0.39 is 5.82 Å². The molecule has 1 heterocycles. The van der Waals surface area contributed by atoms with Crippen molar-refractivity contribution in [1.82, 2.24) is 9.55 Å². The molecule has 3 rings (SSSR count). The van der Waals surface area contributed by atoms with E-state index >= 15 is 0 Å². The van der Waals surface area contributed by atoms with E-state index in [0.29, 0.717) is 48.8 Å². The molecule has 9 nitrogen and oxygen atoms in total. The molecular weight excluding hydrogens is 484 g/mol. The molecule has 1 aromatic heterocycles. The van der Waals surface area contributed by atoms with Gasteiger partial charge >= 0.3 is 0 Å². The maximum atomic E-state index is 13.7. The minimum Gasteiger partial charge on any atom is -0.394 e. The Hall–Kier alpha value is -2.69. The van der Waals surface area contributed by atoms with Crippen LogP contribution in [-0.2, 0) is 4.79 Å². The van der Waals surface area contributed by atoms with E-state index in [1.807, 2.05) is 11.5 Å². The summed E-state index contributed by atoms with van der Waals surface area (Å²) in [5.74, 6) is 0.230. The quantitative estimate of drug-likeness (QED) is 0.322. The van der Waals surface area contributed by atoms with Gasteiger partial charge in [0.15, 0.2) is 0 Å². The number of primary amides is 1. The van der Waals surface area contributed by atoms with Crippen LogP contribution >= 0.6 is 23.2 Å². The van der Waals surface area contributed by atoms with Gasteiger partial charge in [0, 0.05) is 12.0 Å². The fourth-order valence-electron chi connectivity index (χ4n) is 4.00. The van der Waals surface area contributed by atoms with E-state index in [1.54, 1.807) is 6.92 Å². The van der Waals surface area contributed by atoms with Crippen molar-refractivity contribution in [3.63, 3.8) is 0 Å². The number of hydrogen-bond acceptors (Lipinski definition) is 5. The zero-order chi connectivity index (χ0) is 25.0. The molecule has 0 radical (unpaired) electrons. The first-order chi connectivity index (χ1) is 16.1. The summed E-state index contributed by atoms with van der Waals surface area (Å²) in [6, 6.07) is 1.90. The first-order valence-electron chi connectivity index (χ1n) is 10.9. The van der Waals surface area contributed by atoms with Crippen molar-refractivity contribution in [2.24, 2.45) is 21.6 Å². The highest BCUT2D eigenvalue weighted by atomic mass is 35.5. The Morgan fingerprint density at radius 3 is 2.50 bits per heavy atom. The SMILES string of the molecule is C=NC(=N[C@@H](C)CO)Nc1c(C)nc(Nc2c(Cl)cc(F)cc2Cl)n1C1CCC(C(N)=O)CC1. The van der Waals surface area contributed by atoms with Crippen LogP contribution in [0.1, 0.15) is 44.3 Å². The molecule has 1 saturated carbocycles. The predicted octanol–water partition coefficient (Wildman–Crippen LogP) is 4.45. The molecule has 184 valence electrons. The highest BCUT2D eigenvalue weighted by Crippen LogP contribution is 2.40. The number of nitrogens with one attached hydrogen (secondary N) is 2. The molecule has 0 spiro atoms. The first kappa shape index (κ1) is 25.9. The Bertz CT molecular complexity index is 1070. The van der Waals surface area contributed by atoms with Crippen LogP contribution in [0.15, 0.2) is 22.1 Å². The highest BCUT2D eigenvalue weighted by Gasteiger charge is 2.30. The third-order valence-electron chi connectivity index (χ3n) is 5.78. The van der Waals surface area contributed by atoms with E-state index in [1.165, 1.54) is 0 Å². The summed E-state index contributed by atoms with van der Waals surface area (Å²) < 4.78 is 15.6. The van der Waals surface area contributed by atoms with Gasteiger partial charge in [-0.25, -0.2) is 19.4 Å². The van der Waals surface area contributed by atoms with Gasteiger partial charge in [-0.3, -0.25) is 9.36 Å². The number of aromatic nitrogens is 2. The normalized spacial score (nSPS) is 19.5. The van der Waals surface area contributed by atoms with Gasteiger partial charge in [0.2, 0.25) is 17.8 Å². The number of aliphatic hydroxyl groups excluding tert-OH is 1. The van der Waals surface area contributed by atoms with Crippen LogP contribution in [0.5, 0.6) is 0 Å². The molecule has 1 fully saturated rings. The monoisotopic (exact) mass is 511 g/mol. The number of halogens is 3. The lowest BCUT2D eigenvalue weighted by atomic mass is 9.85. The number of guanidine groups is 1. The number of carbonyl (C=O) groups excluding carboxylic acids is 1. The third-order valence-corrected chi connectivity index (χ3v) is 6.38. The summed E-state index contributed by atoms with van der Waals surface area (Å²) in [7, 11) is 0. The van der Waals surface area contributed by atoms with Gasteiger partial charge in [0.1, 0.15) is 11.6 Å². The summed E-state index contributed by atoms with van der Waals surface area (Å²) >= 11 is 12.5. The molecule has 0 bridgehead atoms. The van der Waals surface area contributed by atoms with Crippen molar-refractivity contribution in [3.05, 3.63) is 33.7 Å². The number of aliphatic hydroxyl groups is 1. The number of imidazole rings is 1. The van der Waals surface area contributed by atoms with Crippen molar-refractivity contribution < 1.29 is 14.3 Å². The number of carbonyl (C=O) groups is 1. The van der Waals surface area contributed by atoms with Gasteiger partial charge in [-0.2, -0.15) is 0 Å². The molecule has 1 aromatic carbocycles. The van der Waals surface area contributed by atoms with Crippen LogP contribution in [0.4, 0.5) is 21.8 Å². The van der Waals surface area contributed by atoms with E-state index in [9.17, 15) is 14.3 Å². The standard InChI is InChI=1S/C22H28Cl2FN7O2/c1-11(10-33)28-21(27-3)31-20-12(2)29-22(30-18-16(23)8-14(25)9-17(18)24)32(20)15-6-4-13(5-7-15)19(26)34/h8-9,11,13,15,33H,3-7,10H2,1-2H3,(H2,26,34)(H,28,31)(H,29,30)/t11-,13?,15?/m0/s1. The molecule has 0 unspecified atom stereocenters. The van der Waals surface area contributed by atoms with Gasteiger partial charge < -0.3 is 21.5 Å². The molecule has 1 aliphatic carbocycles. The van der Waals surface area contributed by atoms with Crippen LogP contribution < -0.4 is 16.4 Å². The molecule has 0 aliphatic heterocycles. The van der Waals surface area contributed by atoms with Crippen molar-refractivity contribution >= 4 is 59.2 Å². The average Bonchev–Trinajstić information content (AvgIpc) is 3.10.